The van der Waals surface area contributed by atoms with Gasteiger partial charge in [0.25, 0.3) is 0 Å². The maximum absolute atomic E-state index is 3.54. The molecule has 0 aromatic carbocycles. The van der Waals surface area contributed by atoms with Crippen LogP contribution >= 0.6 is 0 Å². The highest BCUT2D eigenvalue weighted by molar-refractivity contribution is 4.75. The first-order valence-electron chi connectivity index (χ1n) is 7.30. The molecule has 0 spiro atoms. The highest BCUT2D eigenvalue weighted by atomic mass is 14.8. The fraction of sp³-hybridized carbons (Fsp3) is 1.00. The number of hydrogen-bond donors (Lipinski definition) is 1. The van der Waals surface area contributed by atoms with Crippen LogP contribution in [0.4, 0.5) is 0 Å². The van der Waals surface area contributed by atoms with Gasteiger partial charge in [0.05, 0.1) is 0 Å². The molecule has 1 nitrogen and oxygen atoms in total. The van der Waals surface area contributed by atoms with E-state index >= 15 is 0 Å². The molecule has 0 aromatic heterocycles. The van der Waals surface area contributed by atoms with Crippen LogP contribution in [0.3, 0.4) is 0 Å². The van der Waals surface area contributed by atoms with Gasteiger partial charge in [-0.05, 0) is 56.0 Å². The van der Waals surface area contributed by atoms with Gasteiger partial charge < -0.3 is 5.32 Å². The van der Waals surface area contributed by atoms with Crippen molar-refractivity contribution in [3.05, 3.63) is 0 Å². The second kappa shape index (κ2) is 7.32. The molecule has 0 saturated heterocycles. The van der Waals surface area contributed by atoms with E-state index in [0.717, 1.165) is 23.7 Å². The van der Waals surface area contributed by atoms with Crippen molar-refractivity contribution in [2.75, 3.05) is 13.1 Å². The van der Waals surface area contributed by atoms with Gasteiger partial charge in [-0.2, -0.15) is 0 Å². The Bertz CT molecular complexity index is 176. The zero-order valence-electron chi connectivity index (χ0n) is 11.8. The third kappa shape index (κ3) is 5.34. The van der Waals surface area contributed by atoms with Crippen molar-refractivity contribution >= 4 is 0 Å². The van der Waals surface area contributed by atoms with Crippen LogP contribution in [0.1, 0.15) is 59.8 Å². The normalized spacial score (nSPS) is 30.9. The van der Waals surface area contributed by atoms with Crippen molar-refractivity contribution in [3.8, 4) is 0 Å². The van der Waals surface area contributed by atoms with Gasteiger partial charge in [0, 0.05) is 0 Å². The van der Waals surface area contributed by atoms with E-state index in [0.29, 0.717) is 0 Å². The monoisotopic (exact) mass is 225 g/mol. The first-order valence-corrected chi connectivity index (χ1v) is 7.30. The second-order valence-corrected chi connectivity index (χ2v) is 6.37. The minimum atomic E-state index is 0.788. The minimum absolute atomic E-state index is 0.788. The predicted molar refractivity (Wildman–Crippen MR) is 72.6 cm³/mol. The third-order valence-corrected chi connectivity index (χ3v) is 4.23. The lowest BCUT2D eigenvalue weighted by atomic mass is 9.74. The molecule has 1 N–H and O–H groups in total. The predicted octanol–water partition coefficient (Wildman–Crippen LogP) is 4.08. The topological polar surface area (TPSA) is 12.0 Å². The Morgan fingerprint density at radius 2 is 1.88 bits per heavy atom. The molecule has 1 fully saturated rings. The summed E-state index contributed by atoms with van der Waals surface area (Å²) in [4.78, 5) is 0. The molecule has 0 aromatic rings. The number of nitrogens with one attached hydrogen (secondary N) is 1. The number of rotatable bonds is 6. The van der Waals surface area contributed by atoms with Crippen LogP contribution in [0.25, 0.3) is 0 Å². The standard InChI is InChI=1S/C15H31N/c1-12(2)11-16-9-5-6-15-8-7-13(3)14(4)10-15/h12-16H,5-11H2,1-4H3. The average molecular weight is 225 g/mol. The molecule has 1 saturated carbocycles. The quantitative estimate of drug-likeness (QED) is 0.672. The van der Waals surface area contributed by atoms with E-state index in [1.807, 2.05) is 0 Å². The summed E-state index contributed by atoms with van der Waals surface area (Å²) in [6, 6.07) is 0. The number of hydrogen-bond acceptors (Lipinski definition) is 1. The Hall–Kier alpha value is -0.0400. The van der Waals surface area contributed by atoms with E-state index in [9.17, 15) is 0 Å². The summed E-state index contributed by atoms with van der Waals surface area (Å²) >= 11 is 0. The van der Waals surface area contributed by atoms with Crippen molar-refractivity contribution in [2.24, 2.45) is 23.7 Å². The summed E-state index contributed by atoms with van der Waals surface area (Å²) < 4.78 is 0. The first-order chi connectivity index (χ1) is 7.59. The van der Waals surface area contributed by atoms with Gasteiger partial charge in [0.1, 0.15) is 0 Å². The van der Waals surface area contributed by atoms with Crippen molar-refractivity contribution in [2.45, 2.75) is 59.8 Å². The van der Waals surface area contributed by atoms with E-state index in [4.69, 9.17) is 0 Å². The van der Waals surface area contributed by atoms with Gasteiger partial charge in [-0.3, -0.25) is 0 Å². The molecule has 96 valence electrons. The van der Waals surface area contributed by atoms with Crippen LogP contribution in [0, 0.1) is 23.7 Å². The SMILES string of the molecule is CC(C)CNCCCC1CCC(C)C(C)C1. The zero-order valence-corrected chi connectivity index (χ0v) is 11.8. The summed E-state index contributed by atoms with van der Waals surface area (Å²) in [6.45, 7) is 11.8. The van der Waals surface area contributed by atoms with Gasteiger partial charge >= 0.3 is 0 Å². The van der Waals surface area contributed by atoms with Crippen molar-refractivity contribution in [1.82, 2.24) is 5.32 Å². The Morgan fingerprint density at radius 3 is 2.50 bits per heavy atom. The summed E-state index contributed by atoms with van der Waals surface area (Å²) in [6.07, 6.45) is 7.24. The molecular weight excluding hydrogens is 194 g/mol. The Balaban J connectivity index is 2.01. The second-order valence-electron chi connectivity index (χ2n) is 6.37. The molecule has 0 bridgehead atoms. The van der Waals surface area contributed by atoms with Crippen LogP contribution in [0.2, 0.25) is 0 Å². The van der Waals surface area contributed by atoms with E-state index in [-0.39, 0.29) is 0 Å². The van der Waals surface area contributed by atoms with Gasteiger partial charge in [0.2, 0.25) is 0 Å². The fourth-order valence-corrected chi connectivity index (χ4v) is 2.83. The van der Waals surface area contributed by atoms with Gasteiger partial charge in [-0.1, -0.05) is 40.5 Å². The Labute approximate surface area is 102 Å². The molecule has 1 aliphatic carbocycles. The van der Waals surface area contributed by atoms with Crippen molar-refractivity contribution < 1.29 is 0 Å². The largest absolute Gasteiger partial charge is 0.316 e. The maximum atomic E-state index is 3.54. The molecule has 0 heterocycles. The van der Waals surface area contributed by atoms with E-state index < -0.39 is 0 Å². The zero-order chi connectivity index (χ0) is 12.0. The molecule has 16 heavy (non-hydrogen) atoms. The van der Waals surface area contributed by atoms with E-state index in [1.165, 1.54) is 45.2 Å². The van der Waals surface area contributed by atoms with E-state index in [2.05, 4.69) is 33.0 Å². The van der Waals surface area contributed by atoms with Crippen LogP contribution < -0.4 is 5.32 Å². The van der Waals surface area contributed by atoms with Gasteiger partial charge in [-0.15, -0.1) is 0 Å². The molecule has 1 heteroatoms. The summed E-state index contributed by atoms with van der Waals surface area (Å²) in [5.41, 5.74) is 0. The average Bonchev–Trinajstić information content (AvgIpc) is 2.22. The smallest absolute Gasteiger partial charge is 0.00258 e. The third-order valence-electron chi connectivity index (χ3n) is 4.23. The molecular formula is C15H31N. The molecule has 3 atom stereocenters. The van der Waals surface area contributed by atoms with Crippen LogP contribution in [0.5, 0.6) is 0 Å². The van der Waals surface area contributed by atoms with Crippen molar-refractivity contribution in [1.29, 1.82) is 0 Å². The van der Waals surface area contributed by atoms with Crippen LogP contribution in [-0.4, -0.2) is 13.1 Å². The molecule has 0 radical (unpaired) electrons. The van der Waals surface area contributed by atoms with Gasteiger partial charge in [-0.25, -0.2) is 0 Å². The first kappa shape index (κ1) is 14.0. The van der Waals surface area contributed by atoms with E-state index in [1.54, 1.807) is 0 Å². The lowest BCUT2D eigenvalue weighted by Crippen LogP contribution is -2.23. The van der Waals surface area contributed by atoms with Crippen molar-refractivity contribution in [3.63, 3.8) is 0 Å². The molecule has 1 rings (SSSR count). The Kier molecular flexibility index (Phi) is 6.41. The minimum Gasteiger partial charge on any atom is -0.316 e. The maximum Gasteiger partial charge on any atom is -0.00258 e. The lowest BCUT2D eigenvalue weighted by molar-refractivity contribution is 0.198. The van der Waals surface area contributed by atoms with Crippen LogP contribution in [-0.2, 0) is 0 Å². The molecule has 0 aliphatic heterocycles. The summed E-state index contributed by atoms with van der Waals surface area (Å²) in [5, 5.41) is 3.54. The molecule has 3 unspecified atom stereocenters. The molecule has 0 amide bonds. The highest BCUT2D eigenvalue weighted by Gasteiger charge is 2.23. The van der Waals surface area contributed by atoms with Gasteiger partial charge in [0.15, 0.2) is 0 Å². The fourth-order valence-electron chi connectivity index (χ4n) is 2.83. The molecule has 1 aliphatic rings. The van der Waals surface area contributed by atoms with Crippen LogP contribution in [0.15, 0.2) is 0 Å². The highest BCUT2D eigenvalue weighted by Crippen LogP contribution is 2.35. The summed E-state index contributed by atoms with van der Waals surface area (Å²) in [5.74, 6) is 3.74. The Morgan fingerprint density at radius 1 is 1.12 bits per heavy atom. The summed E-state index contributed by atoms with van der Waals surface area (Å²) in [7, 11) is 0. The lowest BCUT2D eigenvalue weighted by Gasteiger charge is -2.32.